The van der Waals surface area contributed by atoms with E-state index in [9.17, 15) is 4.79 Å². The summed E-state index contributed by atoms with van der Waals surface area (Å²) in [6.45, 7) is 9.57. The second kappa shape index (κ2) is 2.07. The number of ketones is 1. The van der Waals surface area contributed by atoms with E-state index in [1.54, 1.807) is 0 Å². The van der Waals surface area contributed by atoms with Gasteiger partial charge in [0.25, 0.3) is 0 Å². The minimum Gasteiger partial charge on any atom is -0.312 e. The number of carbonyl (C=O) groups is 1. The number of carbonyl (C=O) groups excluding carboxylic acids is 1. The van der Waals surface area contributed by atoms with Crippen LogP contribution in [0.4, 0.5) is 0 Å². The van der Waals surface area contributed by atoms with Crippen LogP contribution in [-0.2, 0) is 4.79 Å². The Bertz CT molecular complexity index is 303. The van der Waals surface area contributed by atoms with Gasteiger partial charge in [0.05, 0.1) is 31.0 Å². The molecule has 0 aliphatic carbocycles. The summed E-state index contributed by atoms with van der Waals surface area (Å²) >= 11 is 0. The van der Waals surface area contributed by atoms with Gasteiger partial charge in [-0.3, -0.25) is 9.69 Å². The van der Waals surface area contributed by atoms with Crippen molar-refractivity contribution >= 4 is 5.78 Å². The molecule has 3 heteroatoms. The topological polar surface area (TPSA) is 20.3 Å². The number of piperidine rings is 2. The molecule has 0 spiro atoms. The van der Waals surface area contributed by atoms with Crippen LogP contribution in [0.15, 0.2) is 0 Å². The van der Waals surface area contributed by atoms with E-state index < -0.39 is 0 Å². The normalized spacial score (nSPS) is 60.8. The van der Waals surface area contributed by atoms with Gasteiger partial charge < -0.3 is 4.48 Å². The van der Waals surface area contributed by atoms with Crippen molar-refractivity contribution in [2.75, 3.05) is 39.9 Å². The molecule has 4 fully saturated rings. The van der Waals surface area contributed by atoms with Crippen molar-refractivity contribution in [1.82, 2.24) is 4.90 Å². The van der Waals surface area contributed by atoms with Gasteiger partial charge >= 0.3 is 0 Å². The third-order valence-electron chi connectivity index (χ3n) is 4.24. The van der Waals surface area contributed by atoms with Gasteiger partial charge in [-0.25, -0.2) is 0 Å². The molecule has 0 unspecified atom stereocenters. The maximum atomic E-state index is 12.3. The summed E-state index contributed by atoms with van der Waals surface area (Å²) in [5, 5.41) is 0. The summed E-state index contributed by atoms with van der Waals surface area (Å²) in [6, 6.07) is 0. The number of rotatable bonds is 0. The van der Waals surface area contributed by atoms with Crippen molar-refractivity contribution in [3.63, 3.8) is 0 Å². The van der Waals surface area contributed by atoms with E-state index in [0.717, 1.165) is 37.3 Å². The van der Waals surface area contributed by atoms with Crippen LogP contribution in [0.2, 0.25) is 0 Å². The smallest absolute Gasteiger partial charge is 0.158 e. The van der Waals surface area contributed by atoms with E-state index in [1.807, 2.05) is 0 Å². The zero-order valence-corrected chi connectivity index (χ0v) is 9.34. The number of quaternary nitrogens is 1. The number of nitrogens with zero attached hydrogens (tertiary/aromatic N) is 2. The van der Waals surface area contributed by atoms with Gasteiger partial charge in [-0.15, -0.1) is 0 Å². The first-order valence-corrected chi connectivity index (χ1v) is 5.46. The third kappa shape index (κ3) is 0.873. The average molecular weight is 195 g/mol. The first-order valence-electron chi connectivity index (χ1n) is 5.46. The number of hydrogen-bond acceptors (Lipinski definition) is 2. The summed E-state index contributed by atoms with van der Waals surface area (Å²) in [5.74, 6) is 0.525. The highest BCUT2D eigenvalue weighted by molar-refractivity contribution is 5.92. The molecule has 0 saturated carbocycles. The molecule has 4 bridgehead atoms. The lowest BCUT2D eigenvalue weighted by Gasteiger charge is -2.63. The number of Topliss-reactive ketones (excluding diaryl/α,β-unsaturated/α-hetero) is 1. The van der Waals surface area contributed by atoms with Crippen LogP contribution in [-0.4, -0.2) is 55.1 Å². The highest BCUT2D eigenvalue weighted by Gasteiger charge is 2.64. The lowest BCUT2D eigenvalue weighted by molar-refractivity contribution is -0.946. The summed E-state index contributed by atoms with van der Waals surface area (Å²) in [5.41, 5.74) is -0.115. The second-order valence-electron chi connectivity index (χ2n) is 6.51. The van der Waals surface area contributed by atoms with Gasteiger partial charge in [0.2, 0.25) is 0 Å². The van der Waals surface area contributed by atoms with Crippen molar-refractivity contribution < 1.29 is 9.28 Å². The largest absolute Gasteiger partial charge is 0.312 e. The zero-order valence-electron chi connectivity index (χ0n) is 9.34. The van der Waals surface area contributed by atoms with Gasteiger partial charge in [-0.2, -0.15) is 0 Å². The fraction of sp³-hybridized carbons (Fsp3) is 0.909. The Morgan fingerprint density at radius 2 is 1.71 bits per heavy atom. The summed E-state index contributed by atoms with van der Waals surface area (Å²) < 4.78 is 1.08. The van der Waals surface area contributed by atoms with Crippen LogP contribution in [0.25, 0.3) is 0 Å². The van der Waals surface area contributed by atoms with Crippen LogP contribution in [0.3, 0.4) is 0 Å². The van der Waals surface area contributed by atoms with E-state index in [1.165, 1.54) is 0 Å². The first-order chi connectivity index (χ1) is 6.35. The van der Waals surface area contributed by atoms with Gasteiger partial charge in [0, 0.05) is 13.1 Å². The Morgan fingerprint density at radius 3 is 2.14 bits per heavy atom. The van der Waals surface area contributed by atoms with Crippen molar-refractivity contribution in [2.45, 2.75) is 13.8 Å². The van der Waals surface area contributed by atoms with Crippen LogP contribution < -0.4 is 0 Å². The second-order valence-corrected chi connectivity index (χ2v) is 6.51. The van der Waals surface area contributed by atoms with Gasteiger partial charge in [0.15, 0.2) is 5.78 Å². The maximum Gasteiger partial charge on any atom is 0.158 e. The summed E-state index contributed by atoms with van der Waals surface area (Å²) in [7, 11) is 2.30. The Labute approximate surface area is 85.3 Å². The maximum absolute atomic E-state index is 12.3. The Kier molecular flexibility index (Phi) is 1.31. The van der Waals surface area contributed by atoms with Gasteiger partial charge in [0.1, 0.15) is 6.67 Å². The molecule has 4 aliphatic rings. The molecule has 4 heterocycles. The molecule has 0 aromatic rings. The predicted molar refractivity (Wildman–Crippen MR) is 53.6 cm³/mol. The molecule has 0 radical (unpaired) electrons. The molecule has 4 aliphatic heterocycles. The van der Waals surface area contributed by atoms with Crippen molar-refractivity contribution in [3.05, 3.63) is 0 Å². The first kappa shape index (κ1) is 8.86. The molecule has 78 valence electrons. The Morgan fingerprint density at radius 1 is 1.21 bits per heavy atom. The lowest BCUT2D eigenvalue weighted by atomic mass is 9.62. The lowest BCUT2D eigenvalue weighted by Crippen LogP contribution is -2.80. The standard InChI is InChI=1S/C11H19N2O/c1-10-4-12-5-11(2,9(10)14)7-13(3,6-10)8-12/h4-8H2,1-3H3/q+1/t10-,11-/m1/s1. The monoisotopic (exact) mass is 195 g/mol. The molecular weight excluding hydrogens is 176 g/mol. The van der Waals surface area contributed by atoms with Crippen molar-refractivity contribution in [3.8, 4) is 0 Å². The quantitative estimate of drug-likeness (QED) is 0.519. The fourth-order valence-electron chi connectivity index (χ4n) is 4.58. The molecule has 4 saturated heterocycles. The van der Waals surface area contributed by atoms with Gasteiger partial charge in [-0.05, 0) is 13.8 Å². The predicted octanol–water partition coefficient (Wildman–Crippen LogP) is 0.315. The van der Waals surface area contributed by atoms with Crippen LogP contribution in [0.1, 0.15) is 13.8 Å². The molecule has 0 amide bonds. The Balaban J connectivity index is 2.12. The molecule has 0 aromatic carbocycles. The van der Waals surface area contributed by atoms with Gasteiger partial charge in [-0.1, -0.05) is 0 Å². The SMILES string of the molecule is C[C@@]12CN3C[C@](C)(C[N+](C)(C3)C1)C2=O. The zero-order chi connectivity index (χ0) is 10.2. The summed E-state index contributed by atoms with van der Waals surface area (Å²) in [6.07, 6.45) is 0. The van der Waals surface area contributed by atoms with E-state index in [-0.39, 0.29) is 10.8 Å². The molecule has 3 nitrogen and oxygen atoms in total. The van der Waals surface area contributed by atoms with Crippen LogP contribution in [0, 0.1) is 10.8 Å². The average Bonchev–Trinajstić information content (AvgIpc) is 1.95. The third-order valence-corrected chi connectivity index (χ3v) is 4.24. The van der Waals surface area contributed by atoms with Crippen molar-refractivity contribution in [2.24, 2.45) is 10.8 Å². The highest BCUT2D eigenvalue weighted by atomic mass is 16.1. The van der Waals surface area contributed by atoms with Crippen LogP contribution in [0.5, 0.6) is 0 Å². The van der Waals surface area contributed by atoms with E-state index in [4.69, 9.17) is 0 Å². The molecule has 0 N–H and O–H groups in total. The van der Waals surface area contributed by atoms with Crippen molar-refractivity contribution in [1.29, 1.82) is 0 Å². The molecule has 14 heavy (non-hydrogen) atoms. The van der Waals surface area contributed by atoms with Crippen LogP contribution >= 0.6 is 0 Å². The van der Waals surface area contributed by atoms with E-state index >= 15 is 0 Å². The fourth-order valence-corrected chi connectivity index (χ4v) is 4.58. The highest BCUT2D eigenvalue weighted by Crippen LogP contribution is 2.48. The minimum atomic E-state index is -0.0573. The van der Waals surface area contributed by atoms with E-state index in [0.29, 0.717) is 5.78 Å². The minimum absolute atomic E-state index is 0.0573. The molecular formula is C11H19N2O+. The summed E-state index contributed by atoms with van der Waals surface area (Å²) in [4.78, 5) is 14.8. The van der Waals surface area contributed by atoms with E-state index in [2.05, 4.69) is 25.8 Å². The number of hydrogen-bond donors (Lipinski definition) is 0. The molecule has 0 aromatic heterocycles. The Hall–Kier alpha value is -0.410. The molecule has 4 rings (SSSR count). The molecule has 2 atom stereocenters.